The van der Waals surface area contributed by atoms with Gasteiger partial charge >= 0.3 is 5.97 Å². The lowest BCUT2D eigenvalue weighted by Gasteiger charge is -2.37. The Morgan fingerprint density at radius 2 is 1.58 bits per heavy atom. The Bertz CT molecular complexity index is 718. The SMILES string of the molecule is CC(Oc1ccc(C(C(=O)O)C2(O)CCCCC2)cc1)c1ccccc1. The maximum Gasteiger partial charge on any atom is 0.313 e. The van der Waals surface area contributed by atoms with E-state index in [1.54, 1.807) is 24.3 Å². The van der Waals surface area contributed by atoms with E-state index in [1.807, 2.05) is 37.3 Å². The van der Waals surface area contributed by atoms with Crippen LogP contribution in [0.2, 0.25) is 0 Å². The number of aliphatic hydroxyl groups is 1. The van der Waals surface area contributed by atoms with E-state index in [1.165, 1.54) is 0 Å². The minimum absolute atomic E-state index is 0.0974. The zero-order valence-electron chi connectivity index (χ0n) is 15.1. The third-order valence-electron chi connectivity index (χ3n) is 5.30. The van der Waals surface area contributed by atoms with Crippen molar-refractivity contribution in [2.45, 2.75) is 56.7 Å². The fourth-order valence-corrected chi connectivity index (χ4v) is 3.87. The van der Waals surface area contributed by atoms with E-state index in [0.29, 0.717) is 24.2 Å². The Morgan fingerprint density at radius 1 is 0.962 bits per heavy atom. The molecule has 2 atom stereocenters. The van der Waals surface area contributed by atoms with Crippen molar-refractivity contribution in [2.24, 2.45) is 0 Å². The molecule has 26 heavy (non-hydrogen) atoms. The Balaban J connectivity index is 1.76. The van der Waals surface area contributed by atoms with Crippen molar-refractivity contribution in [3.63, 3.8) is 0 Å². The number of carbonyl (C=O) groups is 1. The van der Waals surface area contributed by atoms with Gasteiger partial charge < -0.3 is 14.9 Å². The predicted octanol–water partition coefficient (Wildman–Crippen LogP) is 4.69. The fraction of sp³-hybridized carbons (Fsp3) is 0.409. The molecule has 2 aromatic carbocycles. The number of hydrogen-bond donors (Lipinski definition) is 2. The molecule has 0 aliphatic heterocycles. The fourth-order valence-electron chi connectivity index (χ4n) is 3.87. The number of carboxylic acid groups (broad SMARTS) is 1. The minimum Gasteiger partial charge on any atom is -0.486 e. The van der Waals surface area contributed by atoms with Gasteiger partial charge in [-0.25, -0.2) is 0 Å². The van der Waals surface area contributed by atoms with Crippen molar-refractivity contribution < 1.29 is 19.7 Å². The molecule has 2 aromatic rings. The van der Waals surface area contributed by atoms with Crippen molar-refractivity contribution in [3.8, 4) is 5.75 Å². The Hall–Kier alpha value is -2.33. The largest absolute Gasteiger partial charge is 0.486 e. The third-order valence-corrected chi connectivity index (χ3v) is 5.30. The maximum atomic E-state index is 11.9. The summed E-state index contributed by atoms with van der Waals surface area (Å²) in [5, 5.41) is 20.6. The summed E-state index contributed by atoms with van der Waals surface area (Å²) in [5.74, 6) is -1.19. The first-order valence-electron chi connectivity index (χ1n) is 9.26. The quantitative estimate of drug-likeness (QED) is 0.790. The van der Waals surface area contributed by atoms with Crippen LogP contribution in [-0.4, -0.2) is 21.8 Å². The van der Waals surface area contributed by atoms with Gasteiger partial charge in [0, 0.05) is 0 Å². The molecule has 1 saturated carbocycles. The van der Waals surface area contributed by atoms with Gasteiger partial charge in [-0.15, -0.1) is 0 Å². The molecule has 0 heterocycles. The predicted molar refractivity (Wildman–Crippen MR) is 100 cm³/mol. The second kappa shape index (κ2) is 7.92. The van der Waals surface area contributed by atoms with Crippen LogP contribution in [0.15, 0.2) is 54.6 Å². The lowest BCUT2D eigenvalue weighted by molar-refractivity contribution is -0.147. The lowest BCUT2D eigenvalue weighted by atomic mass is 9.73. The molecule has 0 spiro atoms. The molecule has 0 bridgehead atoms. The summed E-state index contributed by atoms with van der Waals surface area (Å²) >= 11 is 0. The van der Waals surface area contributed by atoms with Crippen LogP contribution in [0.4, 0.5) is 0 Å². The van der Waals surface area contributed by atoms with Crippen LogP contribution in [0, 0.1) is 0 Å². The second-order valence-corrected chi connectivity index (χ2v) is 7.18. The molecule has 1 fully saturated rings. The molecule has 1 aliphatic rings. The monoisotopic (exact) mass is 354 g/mol. The van der Waals surface area contributed by atoms with Crippen molar-refractivity contribution in [3.05, 3.63) is 65.7 Å². The molecular formula is C22H26O4. The first-order valence-corrected chi connectivity index (χ1v) is 9.26. The zero-order chi connectivity index (χ0) is 18.6. The summed E-state index contributed by atoms with van der Waals surface area (Å²) in [4.78, 5) is 11.9. The summed E-state index contributed by atoms with van der Waals surface area (Å²) in [5.41, 5.74) is 0.544. The maximum absolute atomic E-state index is 11.9. The van der Waals surface area contributed by atoms with Gasteiger partial charge in [0.1, 0.15) is 17.8 Å². The van der Waals surface area contributed by atoms with E-state index in [9.17, 15) is 15.0 Å². The molecule has 0 aromatic heterocycles. The van der Waals surface area contributed by atoms with E-state index < -0.39 is 17.5 Å². The van der Waals surface area contributed by atoms with Gasteiger partial charge in [-0.1, -0.05) is 61.7 Å². The standard InChI is InChI=1S/C22H26O4/c1-16(17-8-4-2-5-9-17)26-19-12-10-18(11-13-19)20(21(23)24)22(25)14-6-3-7-15-22/h2,4-5,8-13,16,20,25H,3,6-7,14-15H2,1H3,(H,23,24). The highest BCUT2D eigenvalue weighted by Gasteiger charge is 2.43. The van der Waals surface area contributed by atoms with Gasteiger partial charge in [0.25, 0.3) is 0 Å². The molecule has 138 valence electrons. The first-order chi connectivity index (χ1) is 12.5. The van der Waals surface area contributed by atoms with Crippen molar-refractivity contribution in [1.29, 1.82) is 0 Å². The van der Waals surface area contributed by atoms with Gasteiger partial charge in [-0.2, -0.15) is 0 Å². The summed E-state index contributed by atoms with van der Waals surface area (Å²) in [6.07, 6.45) is 3.77. The number of aliphatic carboxylic acids is 1. The van der Waals surface area contributed by atoms with E-state index in [0.717, 1.165) is 24.8 Å². The van der Waals surface area contributed by atoms with Crippen LogP contribution >= 0.6 is 0 Å². The van der Waals surface area contributed by atoms with Crippen LogP contribution in [0.5, 0.6) is 5.75 Å². The van der Waals surface area contributed by atoms with E-state index in [2.05, 4.69) is 0 Å². The molecule has 1 aliphatic carbocycles. The van der Waals surface area contributed by atoms with Crippen LogP contribution in [0.1, 0.15) is 62.2 Å². The molecule has 0 saturated heterocycles. The van der Waals surface area contributed by atoms with Crippen molar-refractivity contribution in [2.75, 3.05) is 0 Å². The van der Waals surface area contributed by atoms with E-state index in [-0.39, 0.29) is 6.10 Å². The minimum atomic E-state index is -1.16. The van der Waals surface area contributed by atoms with Gasteiger partial charge in [-0.05, 0) is 43.0 Å². The normalized spacial score (nSPS) is 18.7. The van der Waals surface area contributed by atoms with Crippen LogP contribution in [0.25, 0.3) is 0 Å². The van der Waals surface area contributed by atoms with E-state index >= 15 is 0 Å². The molecule has 0 amide bonds. The Labute approximate surface area is 154 Å². The topological polar surface area (TPSA) is 66.8 Å². The smallest absolute Gasteiger partial charge is 0.313 e. The summed E-state index contributed by atoms with van der Waals surface area (Å²) in [6.45, 7) is 1.98. The first kappa shape index (κ1) is 18.5. The number of ether oxygens (including phenoxy) is 1. The second-order valence-electron chi connectivity index (χ2n) is 7.18. The zero-order valence-corrected chi connectivity index (χ0v) is 15.1. The van der Waals surface area contributed by atoms with Gasteiger partial charge in [0.05, 0.1) is 5.60 Å². The molecule has 4 heteroatoms. The van der Waals surface area contributed by atoms with Gasteiger partial charge in [-0.3, -0.25) is 4.79 Å². The molecule has 2 N–H and O–H groups in total. The lowest BCUT2D eigenvalue weighted by Crippen LogP contribution is -2.42. The van der Waals surface area contributed by atoms with Crippen molar-refractivity contribution in [1.82, 2.24) is 0 Å². The van der Waals surface area contributed by atoms with Crippen LogP contribution in [-0.2, 0) is 4.79 Å². The summed E-state index contributed by atoms with van der Waals surface area (Å²) < 4.78 is 5.96. The highest BCUT2D eigenvalue weighted by atomic mass is 16.5. The third kappa shape index (κ3) is 4.07. The van der Waals surface area contributed by atoms with Crippen molar-refractivity contribution >= 4 is 5.97 Å². The number of benzene rings is 2. The Morgan fingerprint density at radius 3 is 2.15 bits per heavy atom. The molecule has 2 unspecified atom stereocenters. The average Bonchev–Trinajstić information content (AvgIpc) is 2.64. The summed E-state index contributed by atoms with van der Waals surface area (Å²) in [6, 6.07) is 17.0. The number of hydrogen-bond acceptors (Lipinski definition) is 3. The molecule has 4 nitrogen and oxygen atoms in total. The Kier molecular flexibility index (Phi) is 5.62. The average molecular weight is 354 g/mol. The summed E-state index contributed by atoms with van der Waals surface area (Å²) in [7, 11) is 0. The van der Waals surface area contributed by atoms with Crippen LogP contribution < -0.4 is 4.74 Å². The molecule has 0 radical (unpaired) electrons. The van der Waals surface area contributed by atoms with E-state index in [4.69, 9.17) is 4.74 Å². The molecule has 3 rings (SSSR count). The number of carboxylic acids is 1. The van der Waals surface area contributed by atoms with Crippen LogP contribution in [0.3, 0.4) is 0 Å². The van der Waals surface area contributed by atoms with Gasteiger partial charge in [0.15, 0.2) is 0 Å². The van der Waals surface area contributed by atoms with Gasteiger partial charge in [0.2, 0.25) is 0 Å². The highest BCUT2D eigenvalue weighted by Crippen LogP contribution is 2.40. The molecular weight excluding hydrogens is 328 g/mol. The highest BCUT2D eigenvalue weighted by molar-refractivity contribution is 5.78. The number of rotatable bonds is 6.